The zero-order valence-corrected chi connectivity index (χ0v) is 35.2. The van der Waals surface area contributed by atoms with Crippen LogP contribution in [0.25, 0.3) is 79.2 Å². The first-order valence-electron chi connectivity index (χ1n) is 21.0. The number of nitrogens with zero attached hydrogens (tertiary/aromatic N) is 6. The number of para-hydroxylation sites is 2. The Labute approximate surface area is 361 Å². The molecule has 0 fully saturated rings. The second kappa shape index (κ2) is 15.6. The minimum atomic E-state index is -0.438. The average molecular weight is 807 g/mol. The van der Waals surface area contributed by atoms with Crippen LogP contribution >= 0.6 is 0 Å². The van der Waals surface area contributed by atoms with Gasteiger partial charge in [-0.2, -0.15) is 0 Å². The number of aromatic amines is 2. The van der Waals surface area contributed by atoms with E-state index >= 15 is 0 Å². The van der Waals surface area contributed by atoms with E-state index in [1.165, 1.54) is 0 Å². The molecule has 0 aliphatic rings. The van der Waals surface area contributed by atoms with Crippen molar-refractivity contribution in [1.82, 2.24) is 39.0 Å². The van der Waals surface area contributed by atoms with Gasteiger partial charge in [0.15, 0.2) is 23.3 Å². The predicted octanol–water partition coefficient (Wildman–Crippen LogP) is 12.8. The summed E-state index contributed by atoms with van der Waals surface area (Å²) in [4.78, 5) is 27.3. The van der Waals surface area contributed by atoms with Gasteiger partial charge in [0.05, 0.1) is 11.4 Å². The Hall–Kier alpha value is -7.84. The van der Waals surface area contributed by atoms with Gasteiger partial charge >= 0.3 is 0 Å². The summed E-state index contributed by atoms with van der Waals surface area (Å²) in [5, 5.41) is 0. The van der Waals surface area contributed by atoms with Gasteiger partial charge < -0.3 is 9.97 Å². The molecule has 4 heterocycles. The Morgan fingerprint density at radius 2 is 0.677 bits per heavy atom. The quantitative estimate of drug-likeness (QED) is 0.136. The molecule has 0 unspecified atom stereocenters. The fourth-order valence-electron chi connectivity index (χ4n) is 8.51. The molecule has 10 rings (SSSR count). The van der Waals surface area contributed by atoms with Crippen LogP contribution < -0.4 is 0 Å². The highest BCUT2D eigenvalue weighted by molar-refractivity contribution is 5.87. The summed E-state index contributed by atoms with van der Waals surface area (Å²) in [6.45, 7) is 8.99. The summed E-state index contributed by atoms with van der Waals surface area (Å²) >= 11 is 0. The third-order valence-electron chi connectivity index (χ3n) is 12.7. The van der Waals surface area contributed by atoms with E-state index < -0.39 is 10.8 Å². The second-order valence-corrected chi connectivity index (χ2v) is 16.7. The number of benzene rings is 6. The van der Waals surface area contributed by atoms with Crippen molar-refractivity contribution in [2.24, 2.45) is 0 Å². The summed E-state index contributed by atoms with van der Waals surface area (Å²) in [6.07, 6.45) is 11.6. The van der Waals surface area contributed by atoms with Gasteiger partial charge in [0.2, 0.25) is 0 Å². The van der Waals surface area contributed by atoms with Crippen molar-refractivity contribution >= 4 is 0 Å². The Bertz CT molecular complexity index is 2790. The van der Waals surface area contributed by atoms with Crippen molar-refractivity contribution in [3.05, 3.63) is 206 Å². The Kier molecular flexibility index (Phi) is 9.68. The molecule has 0 aliphatic heterocycles. The molecule has 0 bridgehead atoms. The number of hydrogen-bond donors (Lipinski definition) is 2. The molecular formula is C54H46N8. The normalized spacial score (nSPS) is 11.9. The monoisotopic (exact) mass is 806 g/mol. The van der Waals surface area contributed by atoms with Gasteiger partial charge in [-0.05, 0) is 22.3 Å². The van der Waals surface area contributed by atoms with Crippen LogP contribution in [0.5, 0.6) is 0 Å². The number of H-pyrrole nitrogens is 2. The highest BCUT2D eigenvalue weighted by atomic mass is 15.1. The predicted molar refractivity (Wildman–Crippen MR) is 250 cm³/mol. The zero-order valence-electron chi connectivity index (χ0n) is 35.2. The van der Waals surface area contributed by atoms with E-state index in [1.807, 2.05) is 61.4 Å². The van der Waals surface area contributed by atoms with Gasteiger partial charge in [0, 0.05) is 81.7 Å². The topological polar surface area (TPSA) is 93.0 Å². The third-order valence-corrected chi connectivity index (χ3v) is 12.7. The zero-order chi connectivity index (χ0) is 42.3. The van der Waals surface area contributed by atoms with Crippen LogP contribution in [0.4, 0.5) is 0 Å². The van der Waals surface area contributed by atoms with Crippen LogP contribution in [0.2, 0.25) is 0 Å². The third kappa shape index (κ3) is 6.66. The standard InChI is InChI=1S/C54H46N8/c1-53(2,45-35-57-49(59-45)51-55-31-33-61(51)47-41(37-19-9-5-10-20-37)27-17-28-42(47)38-21-11-6-12-22-38)54(3,4)46-36-58-50(60-46)52-56-32-34-62(52)48-43(39-23-13-7-14-24-39)29-18-30-44(48)40-25-15-8-16-26-40/h5-36H,1-4H3,(H,57,59)(H,58,60). The molecule has 6 aromatic carbocycles. The van der Waals surface area contributed by atoms with Crippen molar-refractivity contribution in [1.29, 1.82) is 0 Å². The number of hydrogen-bond acceptors (Lipinski definition) is 4. The molecule has 302 valence electrons. The average Bonchev–Trinajstić information content (AvgIpc) is 4.17. The maximum atomic E-state index is 5.00. The van der Waals surface area contributed by atoms with Crippen LogP contribution in [-0.2, 0) is 10.8 Å². The highest BCUT2D eigenvalue weighted by Crippen LogP contribution is 2.44. The van der Waals surface area contributed by atoms with Gasteiger partial charge in [-0.3, -0.25) is 9.13 Å². The fraction of sp³-hybridized carbons (Fsp3) is 0.111. The van der Waals surface area contributed by atoms with Crippen molar-refractivity contribution in [3.63, 3.8) is 0 Å². The van der Waals surface area contributed by atoms with E-state index in [4.69, 9.17) is 19.9 Å². The van der Waals surface area contributed by atoms with E-state index in [9.17, 15) is 0 Å². The molecule has 0 radical (unpaired) electrons. The summed E-state index contributed by atoms with van der Waals surface area (Å²) < 4.78 is 4.32. The lowest BCUT2D eigenvalue weighted by molar-refractivity contribution is 0.290. The molecule has 8 heteroatoms. The molecule has 0 amide bonds. The molecule has 10 aromatic rings. The van der Waals surface area contributed by atoms with Crippen LogP contribution in [0.3, 0.4) is 0 Å². The van der Waals surface area contributed by atoms with E-state index in [0.29, 0.717) is 11.6 Å². The number of imidazole rings is 4. The van der Waals surface area contributed by atoms with Gasteiger partial charge in [0.1, 0.15) is 0 Å². The first kappa shape index (κ1) is 38.4. The van der Waals surface area contributed by atoms with Gasteiger partial charge in [0.25, 0.3) is 0 Å². The number of rotatable bonds is 11. The van der Waals surface area contributed by atoms with E-state index in [-0.39, 0.29) is 0 Å². The lowest BCUT2D eigenvalue weighted by Crippen LogP contribution is -2.41. The van der Waals surface area contributed by atoms with Crippen molar-refractivity contribution in [2.45, 2.75) is 38.5 Å². The van der Waals surface area contributed by atoms with E-state index in [0.717, 1.165) is 78.9 Å². The fourth-order valence-corrected chi connectivity index (χ4v) is 8.51. The maximum Gasteiger partial charge on any atom is 0.180 e. The SMILES string of the molecule is CC(C)(c1cnc(-c2nccn2-c2c(-c3ccccc3)cccc2-c2ccccc2)[nH]1)C(C)(C)c1cnc(-c2nccn2-c2c(-c3ccccc3)cccc2-c2ccccc2)[nH]1. The van der Waals surface area contributed by atoms with Crippen LogP contribution in [0.15, 0.2) is 195 Å². The van der Waals surface area contributed by atoms with Gasteiger partial charge in [-0.25, -0.2) is 19.9 Å². The van der Waals surface area contributed by atoms with Crippen molar-refractivity contribution in [3.8, 4) is 79.2 Å². The molecule has 62 heavy (non-hydrogen) atoms. The Morgan fingerprint density at radius 3 is 0.984 bits per heavy atom. The number of nitrogens with one attached hydrogen (secondary N) is 2. The first-order chi connectivity index (χ1) is 30.3. The molecular weight excluding hydrogens is 761 g/mol. The molecule has 8 nitrogen and oxygen atoms in total. The molecule has 0 spiro atoms. The summed E-state index contributed by atoms with van der Waals surface area (Å²) in [5.41, 5.74) is 12.1. The highest BCUT2D eigenvalue weighted by Gasteiger charge is 2.43. The molecule has 0 saturated heterocycles. The lowest BCUT2D eigenvalue weighted by atomic mass is 9.64. The largest absolute Gasteiger partial charge is 0.339 e. The summed E-state index contributed by atoms with van der Waals surface area (Å²) in [5.74, 6) is 2.84. The van der Waals surface area contributed by atoms with Gasteiger partial charge in [-0.15, -0.1) is 0 Å². The second-order valence-electron chi connectivity index (χ2n) is 16.7. The number of aromatic nitrogens is 8. The molecule has 0 atom stereocenters. The molecule has 4 aromatic heterocycles. The minimum Gasteiger partial charge on any atom is -0.339 e. The molecule has 0 aliphatic carbocycles. The smallest absolute Gasteiger partial charge is 0.180 e. The van der Waals surface area contributed by atoms with Crippen LogP contribution in [0, 0.1) is 0 Å². The van der Waals surface area contributed by atoms with E-state index in [1.54, 1.807) is 0 Å². The minimum absolute atomic E-state index is 0.438. The molecule has 2 N–H and O–H groups in total. The van der Waals surface area contributed by atoms with Crippen LogP contribution in [0.1, 0.15) is 39.1 Å². The van der Waals surface area contributed by atoms with Crippen molar-refractivity contribution < 1.29 is 0 Å². The first-order valence-corrected chi connectivity index (χ1v) is 21.0. The Morgan fingerprint density at radius 1 is 0.371 bits per heavy atom. The van der Waals surface area contributed by atoms with Crippen LogP contribution in [-0.4, -0.2) is 39.0 Å². The summed E-state index contributed by atoms with van der Waals surface area (Å²) in [7, 11) is 0. The molecule has 0 saturated carbocycles. The lowest BCUT2D eigenvalue weighted by Gasteiger charge is -2.40. The Balaban J connectivity index is 1.01. The van der Waals surface area contributed by atoms with Gasteiger partial charge in [-0.1, -0.05) is 185 Å². The maximum absolute atomic E-state index is 5.00. The van der Waals surface area contributed by atoms with E-state index in [2.05, 4.69) is 180 Å². The summed E-state index contributed by atoms with van der Waals surface area (Å²) in [6, 6.07) is 55.0. The van der Waals surface area contributed by atoms with Crippen molar-refractivity contribution in [2.75, 3.05) is 0 Å².